The van der Waals surface area contributed by atoms with E-state index in [-0.39, 0.29) is 0 Å². The van der Waals surface area contributed by atoms with Crippen molar-refractivity contribution >= 4 is 35.1 Å². The Hall–Kier alpha value is -2.47. The van der Waals surface area contributed by atoms with Crippen LogP contribution < -0.4 is 10.7 Å². The predicted molar refractivity (Wildman–Crippen MR) is 93.7 cm³/mol. The van der Waals surface area contributed by atoms with E-state index in [4.69, 9.17) is 0 Å². The van der Waals surface area contributed by atoms with Crippen molar-refractivity contribution in [2.24, 2.45) is 5.10 Å². The minimum Gasteiger partial charge on any atom is -0.318 e. The van der Waals surface area contributed by atoms with Gasteiger partial charge in [0, 0.05) is 10.6 Å². The molecule has 2 rings (SSSR count). The number of nitrogens with zero attached hydrogens (tertiary/aromatic N) is 1. The van der Waals surface area contributed by atoms with Crippen LogP contribution in [-0.2, 0) is 16.0 Å². The largest absolute Gasteiger partial charge is 0.329 e. The lowest BCUT2D eigenvalue weighted by molar-refractivity contribution is -0.136. The molecule has 0 spiro atoms. The second-order valence-corrected chi connectivity index (χ2v) is 5.95. The Morgan fingerprint density at radius 3 is 2.61 bits per heavy atom. The Morgan fingerprint density at radius 2 is 1.96 bits per heavy atom. The van der Waals surface area contributed by atoms with Gasteiger partial charge in [0.25, 0.3) is 0 Å². The highest BCUT2D eigenvalue weighted by molar-refractivity contribution is 7.11. The number of carbonyl (C=O) groups excluding carboxylic acids is 2. The number of anilines is 1. The molecule has 1 heterocycles. The molecule has 0 aliphatic heterocycles. The summed E-state index contributed by atoms with van der Waals surface area (Å²) in [7, 11) is 0. The molecule has 2 aromatic rings. The minimum absolute atomic E-state index is 0.590. The predicted octanol–water partition coefficient (Wildman–Crippen LogP) is 3.18. The molecule has 120 valence electrons. The van der Waals surface area contributed by atoms with E-state index in [0.717, 1.165) is 24.1 Å². The van der Waals surface area contributed by atoms with Crippen LogP contribution in [0.25, 0.3) is 0 Å². The minimum atomic E-state index is -0.798. The maximum atomic E-state index is 11.8. The Kier molecular flexibility index (Phi) is 6.50. The highest BCUT2D eigenvalue weighted by Crippen LogP contribution is 2.11. The first kappa shape index (κ1) is 16.9. The third-order valence-electron chi connectivity index (χ3n) is 3.14. The molecule has 0 saturated heterocycles. The summed E-state index contributed by atoms with van der Waals surface area (Å²) >= 11 is 1.49. The first-order chi connectivity index (χ1) is 11.2. The molecule has 2 N–H and O–H groups in total. The molecule has 6 heteroatoms. The molecule has 0 atom stereocenters. The molecule has 0 aliphatic rings. The molecule has 1 aromatic heterocycles. The van der Waals surface area contributed by atoms with Crippen molar-refractivity contribution in [2.45, 2.75) is 26.2 Å². The fraction of sp³-hybridized carbons (Fsp3) is 0.235. The lowest BCUT2D eigenvalue weighted by atomic mass is 10.1. The standard InChI is InChI=1S/C17H19N3O2S/c1-2-3-5-13-7-9-14(10-8-13)19-16(21)17(22)20-18-12-15-6-4-11-23-15/h4,6-12H,2-3,5H2,1H3,(H,19,21)(H,20,22). The van der Waals surface area contributed by atoms with Crippen molar-refractivity contribution < 1.29 is 9.59 Å². The molecular formula is C17H19N3O2S. The van der Waals surface area contributed by atoms with Gasteiger partial charge in [-0.3, -0.25) is 9.59 Å². The van der Waals surface area contributed by atoms with E-state index in [1.807, 2.05) is 29.6 Å². The normalized spacial score (nSPS) is 10.7. The monoisotopic (exact) mass is 329 g/mol. The van der Waals surface area contributed by atoms with Gasteiger partial charge in [0.05, 0.1) is 6.21 Å². The molecule has 0 fully saturated rings. The van der Waals surface area contributed by atoms with Crippen LogP contribution in [0.5, 0.6) is 0 Å². The highest BCUT2D eigenvalue weighted by Gasteiger charge is 2.12. The van der Waals surface area contributed by atoms with Gasteiger partial charge in [-0.15, -0.1) is 11.3 Å². The first-order valence-corrected chi connectivity index (χ1v) is 8.34. The number of benzene rings is 1. The van der Waals surface area contributed by atoms with Crippen molar-refractivity contribution in [3.05, 3.63) is 52.2 Å². The van der Waals surface area contributed by atoms with Gasteiger partial charge in [0.1, 0.15) is 0 Å². The van der Waals surface area contributed by atoms with Crippen LogP contribution in [0, 0.1) is 0 Å². The third kappa shape index (κ3) is 5.67. The van der Waals surface area contributed by atoms with Gasteiger partial charge in [-0.05, 0) is 42.0 Å². The lowest BCUT2D eigenvalue weighted by Crippen LogP contribution is -2.32. The number of unbranched alkanes of at least 4 members (excludes halogenated alkanes) is 1. The van der Waals surface area contributed by atoms with E-state index in [9.17, 15) is 9.59 Å². The number of amides is 2. The number of aryl methyl sites for hydroxylation is 1. The first-order valence-electron chi connectivity index (χ1n) is 7.46. The number of hydrogen-bond donors (Lipinski definition) is 2. The smallest absolute Gasteiger partial charge is 0.318 e. The van der Waals surface area contributed by atoms with Crippen molar-refractivity contribution in [1.82, 2.24) is 5.43 Å². The maximum absolute atomic E-state index is 11.8. The van der Waals surface area contributed by atoms with Gasteiger partial charge in [0.2, 0.25) is 0 Å². The third-order valence-corrected chi connectivity index (χ3v) is 3.94. The Labute approximate surface area is 139 Å². The molecule has 0 unspecified atom stereocenters. The van der Waals surface area contributed by atoms with Gasteiger partial charge in [-0.1, -0.05) is 31.5 Å². The average molecular weight is 329 g/mol. The zero-order chi connectivity index (χ0) is 16.5. The summed E-state index contributed by atoms with van der Waals surface area (Å²) in [4.78, 5) is 24.3. The molecule has 23 heavy (non-hydrogen) atoms. The Morgan fingerprint density at radius 1 is 1.17 bits per heavy atom. The molecule has 0 bridgehead atoms. The highest BCUT2D eigenvalue weighted by atomic mass is 32.1. The lowest BCUT2D eigenvalue weighted by Gasteiger charge is -2.05. The summed E-state index contributed by atoms with van der Waals surface area (Å²) < 4.78 is 0. The van der Waals surface area contributed by atoms with Crippen LogP contribution in [-0.4, -0.2) is 18.0 Å². The summed E-state index contributed by atoms with van der Waals surface area (Å²) in [6, 6.07) is 11.2. The summed E-state index contributed by atoms with van der Waals surface area (Å²) in [5.41, 5.74) is 4.01. The molecular weight excluding hydrogens is 310 g/mol. The van der Waals surface area contributed by atoms with Gasteiger partial charge in [0.15, 0.2) is 0 Å². The Balaban J connectivity index is 1.82. The second kappa shape index (κ2) is 8.85. The van der Waals surface area contributed by atoms with Gasteiger partial charge >= 0.3 is 11.8 Å². The van der Waals surface area contributed by atoms with Crippen molar-refractivity contribution in [2.75, 3.05) is 5.32 Å². The fourth-order valence-corrected chi connectivity index (χ4v) is 2.48. The number of hydrazone groups is 1. The summed E-state index contributed by atoms with van der Waals surface area (Å²) in [5.74, 6) is -1.54. The van der Waals surface area contributed by atoms with Crippen molar-refractivity contribution in [3.63, 3.8) is 0 Å². The number of thiophene rings is 1. The second-order valence-electron chi connectivity index (χ2n) is 4.97. The number of hydrogen-bond acceptors (Lipinski definition) is 4. The number of nitrogens with one attached hydrogen (secondary N) is 2. The molecule has 5 nitrogen and oxygen atoms in total. The van der Waals surface area contributed by atoms with Gasteiger partial charge in [-0.2, -0.15) is 5.10 Å². The van der Waals surface area contributed by atoms with E-state index in [1.54, 1.807) is 12.1 Å². The molecule has 0 aliphatic carbocycles. The summed E-state index contributed by atoms with van der Waals surface area (Å²) in [6.07, 6.45) is 4.79. The van der Waals surface area contributed by atoms with Crippen LogP contribution in [0.4, 0.5) is 5.69 Å². The number of rotatable bonds is 6. The summed E-state index contributed by atoms with van der Waals surface area (Å²) in [6.45, 7) is 2.15. The van der Waals surface area contributed by atoms with E-state index in [1.165, 1.54) is 23.1 Å². The molecule has 0 radical (unpaired) electrons. The van der Waals surface area contributed by atoms with Crippen LogP contribution >= 0.6 is 11.3 Å². The summed E-state index contributed by atoms with van der Waals surface area (Å²) in [5, 5.41) is 8.20. The van der Waals surface area contributed by atoms with Crippen LogP contribution in [0.3, 0.4) is 0 Å². The van der Waals surface area contributed by atoms with Crippen LogP contribution in [0.15, 0.2) is 46.9 Å². The molecule has 2 amide bonds. The molecule has 1 aromatic carbocycles. The van der Waals surface area contributed by atoms with Crippen LogP contribution in [0.1, 0.15) is 30.2 Å². The SMILES string of the molecule is CCCCc1ccc(NC(=O)C(=O)NN=Cc2cccs2)cc1. The zero-order valence-corrected chi connectivity index (χ0v) is 13.7. The van der Waals surface area contributed by atoms with Gasteiger partial charge in [-0.25, -0.2) is 5.43 Å². The fourth-order valence-electron chi connectivity index (χ4n) is 1.89. The zero-order valence-electron chi connectivity index (χ0n) is 12.9. The van der Waals surface area contributed by atoms with E-state index < -0.39 is 11.8 Å². The topological polar surface area (TPSA) is 70.6 Å². The van der Waals surface area contributed by atoms with Crippen LogP contribution in [0.2, 0.25) is 0 Å². The van der Waals surface area contributed by atoms with Gasteiger partial charge < -0.3 is 5.32 Å². The molecule has 0 saturated carbocycles. The van der Waals surface area contributed by atoms with Crippen molar-refractivity contribution in [3.8, 4) is 0 Å². The van der Waals surface area contributed by atoms with E-state index >= 15 is 0 Å². The Bertz CT molecular complexity index is 664. The van der Waals surface area contributed by atoms with Crippen molar-refractivity contribution in [1.29, 1.82) is 0 Å². The maximum Gasteiger partial charge on any atom is 0.329 e. The van der Waals surface area contributed by atoms with E-state index in [0.29, 0.717) is 5.69 Å². The average Bonchev–Trinajstić information content (AvgIpc) is 3.07. The number of carbonyl (C=O) groups is 2. The van der Waals surface area contributed by atoms with E-state index in [2.05, 4.69) is 22.8 Å². The quantitative estimate of drug-likeness (QED) is 0.485.